The van der Waals surface area contributed by atoms with Gasteiger partial charge in [0.05, 0.1) is 0 Å². The van der Waals surface area contributed by atoms with E-state index in [1.807, 2.05) is 24.3 Å². The van der Waals surface area contributed by atoms with Gasteiger partial charge in [-0.15, -0.1) is 0 Å². The van der Waals surface area contributed by atoms with E-state index in [2.05, 4.69) is 35.2 Å². The summed E-state index contributed by atoms with van der Waals surface area (Å²) in [5, 5.41) is 0. The summed E-state index contributed by atoms with van der Waals surface area (Å²) in [6.07, 6.45) is 5.06. The van der Waals surface area contributed by atoms with Crippen molar-refractivity contribution in [3.8, 4) is 5.75 Å². The molecule has 2 N–H and O–H groups in total. The Bertz CT molecular complexity index is 600. The number of likely N-dealkylation sites (tertiary alicyclic amines) is 1. The molecule has 1 heterocycles. The molecule has 3 nitrogen and oxygen atoms in total. The Hall–Kier alpha value is -2.00. The van der Waals surface area contributed by atoms with Gasteiger partial charge < -0.3 is 10.5 Å². The molecule has 1 saturated heterocycles. The van der Waals surface area contributed by atoms with Crippen molar-refractivity contribution < 1.29 is 4.74 Å². The van der Waals surface area contributed by atoms with Crippen LogP contribution in [0.5, 0.6) is 5.75 Å². The highest BCUT2D eigenvalue weighted by Crippen LogP contribution is 2.21. The van der Waals surface area contributed by atoms with E-state index in [9.17, 15) is 0 Å². The SMILES string of the molecule is Nc1cccc(OCCN2CCCCC2Cc2ccccc2)c1. The fourth-order valence-corrected chi connectivity index (χ4v) is 3.36. The van der Waals surface area contributed by atoms with Crippen LogP contribution in [0.15, 0.2) is 54.6 Å². The van der Waals surface area contributed by atoms with Crippen molar-refractivity contribution in [2.75, 3.05) is 25.4 Å². The van der Waals surface area contributed by atoms with Crippen LogP contribution in [0.2, 0.25) is 0 Å². The number of piperidine rings is 1. The molecule has 3 heteroatoms. The summed E-state index contributed by atoms with van der Waals surface area (Å²) in [6, 6.07) is 19.1. The zero-order valence-corrected chi connectivity index (χ0v) is 13.7. The lowest BCUT2D eigenvalue weighted by Gasteiger charge is -2.35. The molecule has 122 valence electrons. The fourth-order valence-electron chi connectivity index (χ4n) is 3.36. The average molecular weight is 310 g/mol. The van der Waals surface area contributed by atoms with Crippen LogP contribution < -0.4 is 10.5 Å². The van der Waals surface area contributed by atoms with Gasteiger partial charge in [0.2, 0.25) is 0 Å². The standard InChI is InChI=1S/C20H26N2O/c21-18-9-6-11-20(16-18)23-14-13-22-12-5-4-10-19(22)15-17-7-2-1-3-8-17/h1-3,6-9,11,16,19H,4-5,10,12-15,21H2. The molecular formula is C20H26N2O. The smallest absolute Gasteiger partial charge is 0.121 e. The molecule has 1 aliphatic heterocycles. The largest absolute Gasteiger partial charge is 0.492 e. The molecule has 1 unspecified atom stereocenters. The van der Waals surface area contributed by atoms with Gasteiger partial charge in [0.1, 0.15) is 12.4 Å². The summed E-state index contributed by atoms with van der Waals surface area (Å²) in [5.41, 5.74) is 7.97. The summed E-state index contributed by atoms with van der Waals surface area (Å²) in [4.78, 5) is 2.59. The van der Waals surface area contributed by atoms with E-state index >= 15 is 0 Å². The molecule has 0 aromatic heterocycles. The third kappa shape index (κ3) is 4.73. The lowest BCUT2D eigenvalue weighted by atomic mass is 9.96. The molecular weight excluding hydrogens is 284 g/mol. The Balaban J connectivity index is 1.52. The number of anilines is 1. The number of hydrogen-bond donors (Lipinski definition) is 1. The third-order valence-electron chi connectivity index (χ3n) is 4.57. The number of nitrogens with zero attached hydrogens (tertiary/aromatic N) is 1. The predicted octanol–water partition coefficient (Wildman–Crippen LogP) is 3.74. The van der Waals surface area contributed by atoms with Crippen LogP contribution in [0.3, 0.4) is 0 Å². The van der Waals surface area contributed by atoms with Crippen LogP contribution in [0.25, 0.3) is 0 Å². The monoisotopic (exact) mass is 310 g/mol. The van der Waals surface area contributed by atoms with Gasteiger partial charge in [-0.3, -0.25) is 4.90 Å². The van der Waals surface area contributed by atoms with Crippen LogP contribution in [0.1, 0.15) is 24.8 Å². The first kappa shape index (κ1) is 15.9. The highest BCUT2D eigenvalue weighted by atomic mass is 16.5. The van der Waals surface area contributed by atoms with E-state index in [-0.39, 0.29) is 0 Å². The zero-order chi connectivity index (χ0) is 15.9. The van der Waals surface area contributed by atoms with Gasteiger partial charge in [-0.2, -0.15) is 0 Å². The van der Waals surface area contributed by atoms with Crippen LogP contribution in [-0.4, -0.2) is 30.6 Å². The van der Waals surface area contributed by atoms with Crippen molar-refractivity contribution in [1.29, 1.82) is 0 Å². The molecule has 3 rings (SSSR count). The van der Waals surface area contributed by atoms with Crippen molar-refractivity contribution in [2.24, 2.45) is 0 Å². The maximum atomic E-state index is 5.87. The molecule has 0 radical (unpaired) electrons. The molecule has 1 atom stereocenters. The van der Waals surface area contributed by atoms with Gasteiger partial charge in [-0.05, 0) is 43.5 Å². The van der Waals surface area contributed by atoms with Gasteiger partial charge in [-0.25, -0.2) is 0 Å². The summed E-state index contributed by atoms with van der Waals surface area (Å²) >= 11 is 0. The van der Waals surface area contributed by atoms with E-state index in [0.717, 1.165) is 31.0 Å². The van der Waals surface area contributed by atoms with Gasteiger partial charge in [0.25, 0.3) is 0 Å². The van der Waals surface area contributed by atoms with E-state index in [0.29, 0.717) is 6.04 Å². The second-order valence-electron chi connectivity index (χ2n) is 6.30. The fraction of sp³-hybridized carbons (Fsp3) is 0.400. The predicted molar refractivity (Wildman–Crippen MR) is 95.7 cm³/mol. The van der Waals surface area contributed by atoms with E-state index in [4.69, 9.17) is 10.5 Å². The third-order valence-corrected chi connectivity index (χ3v) is 4.57. The maximum absolute atomic E-state index is 5.87. The molecule has 0 amide bonds. The minimum Gasteiger partial charge on any atom is -0.492 e. The molecule has 0 bridgehead atoms. The van der Waals surface area contributed by atoms with Crippen molar-refractivity contribution in [1.82, 2.24) is 4.90 Å². The molecule has 1 fully saturated rings. The van der Waals surface area contributed by atoms with Crippen molar-refractivity contribution in [3.63, 3.8) is 0 Å². The Morgan fingerprint density at radius 2 is 1.91 bits per heavy atom. The van der Waals surface area contributed by atoms with Crippen LogP contribution >= 0.6 is 0 Å². The Morgan fingerprint density at radius 1 is 1.04 bits per heavy atom. The number of hydrogen-bond acceptors (Lipinski definition) is 3. The second-order valence-corrected chi connectivity index (χ2v) is 6.30. The minimum atomic E-state index is 0.635. The first-order valence-electron chi connectivity index (χ1n) is 8.57. The van der Waals surface area contributed by atoms with Crippen LogP contribution in [0, 0.1) is 0 Å². The van der Waals surface area contributed by atoms with Gasteiger partial charge in [-0.1, -0.05) is 42.8 Å². The van der Waals surface area contributed by atoms with E-state index < -0.39 is 0 Å². The number of benzene rings is 2. The van der Waals surface area contributed by atoms with Crippen molar-refractivity contribution in [3.05, 3.63) is 60.2 Å². The number of rotatable bonds is 6. The first-order chi connectivity index (χ1) is 11.3. The Labute approximate surface area is 139 Å². The van der Waals surface area contributed by atoms with Crippen LogP contribution in [0.4, 0.5) is 5.69 Å². The van der Waals surface area contributed by atoms with E-state index in [1.54, 1.807) is 0 Å². The quantitative estimate of drug-likeness (QED) is 0.826. The van der Waals surface area contributed by atoms with E-state index in [1.165, 1.54) is 31.4 Å². The molecule has 0 saturated carbocycles. The molecule has 1 aliphatic rings. The molecule has 2 aromatic carbocycles. The highest BCUT2D eigenvalue weighted by Gasteiger charge is 2.22. The normalized spacial score (nSPS) is 18.7. The number of nitrogen functional groups attached to an aromatic ring is 1. The molecule has 23 heavy (non-hydrogen) atoms. The second kappa shape index (κ2) is 8.02. The molecule has 0 spiro atoms. The topological polar surface area (TPSA) is 38.5 Å². The zero-order valence-electron chi connectivity index (χ0n) is 13.7. The summed E-state index contributed by atoms with van der Waals surface area (Å²) in [6.45, 7) is 2.87. The molecule has 0 aliphatic carbocycles. The maximum Gasteiger partial charge on any atom is 0.121 e. The lowest BCUT2D eigenvalue weighted by Crippen LogP contribution is -2.43. The Morgan fingerprint density at radius 3 is 2.74 bits per heavy atom. The summed E-state index contributed by atoms with van der Waals surface area (Å²) in [5.74, 6) is 0.863. The highest BCUT2D eigenvalue weighted by molar-refractivity contribution is 5.43. The van der Waals surface area contributed by atoms with Gasteiger partial charge in [0, 0.05) is 24.3 Å². The van der Waals surface area contributed by atoms with Crippen molar-refractivity contribution >= 4 is 5.69 Å². The minimum absolute atomic E-state index is 0.635. The molecule has 2 aromatic rings. The average Bonchev–Trinajstić information content (AvgIpc) is 2.57. The van der Waals surface area contributed by atoms with Crippen molar-refractivity contribution in [2.45, 2.75) is 31.7 Å². The van der Waals surface area contributed by atoms with Gasteiger partial charge in [0.15, 0.2) is 0 Å². The summed E-state index contributed by atoms with van der Waals surface area (Å²) in [7, 11) is 0. The number of ether oxygens (including phenoxy) is 1. The summed E-state index contributed by atoms with van der Waals surface area (Å²) < 4.78 is 5.87. The first-order valence-corrected chi connectivity index (χ1v) is 8.57. The van der Waals surface area contributed by atoms with Crippen LogP contribution in [-0.2, 0) is 6.42 Å². The lowest BCUT2D eigenvalue weighted by molar-refractivity contribution is 0.122. The number of nitrogens with two attached hydrogens (primary N) is 1. The van der Waals surface area contributed by atoms with Gasteiger partial charge >= 0.3 is 0 Å². The Kier molecular flexibility index (Phi) is 5.54.